The molecule has 2 atom stereocenters. The number of nitriles is 1. The van der Waals surface area contributed by atoms with Crippen molar-refractivity contribution in [3.8, 4) is 11.8 Å². The first-order valence-electron chi connectivity index (χ1n) is 10.9. The molecule has 1 fully saturated rings. The van der Waals surface area contributed by atoms with E-state index in [9.17, 15) is 15.2 Å². The Morgan fingerprint density at radius 1 is 1.09 bits per heavy atom. The predicted molar refractivity (Wildman–Crippen MR) is 119 cm³/mol. The molecule has 1 N–H and O–H groups in total. The first-order chi connectivity index (χ1) is 15.6. The summed E-state index contributed by atoms with van der Waals surface area (Å²) in [5.41, 5.74) is 2.37. The molecule has 2 aliphatic rings. The average Bonchev–Trinajstić information content (AvgIpc) is 3.33. The standard InChI is InChI=1S/C26H25NO6/c1-25(2)18-10-15(30-13-21-20(12-28)32-26(3,4)33-21)6-8-16(18)23(29)22-17-7-5-14(11-27)9-19(17)31-24(22)25/h5-10,20-21,28H,12-13H2,1-4H3/t20-,21-/m1/s1. The summed E-state index contributed by atoms with van der Waals surface area (Å²) in [7, 11) is 0. The summed E-state index contributed by atoms with van der Waals surface area (Å²) in [5.74, 6) is 0.279. The summed E-state index contributed by atoms with van der Waals surface area (Å²) in [6.45, 7) is 7.65. The van der Waals surface area contributed by atoms with Gasteiger partial charge in [0.1, 0.15) is 35.9 Å². The van der Waals surface area contributed by atoms with E-state index in [-0.39, 0.29) is 19.0 Å². The van der Waals surface area contributed by atoms with Crippen molar-refractivity contribution in [1.29, 1.82) is 5.26 Å². The van der Waals surface area contributed by atoms with Crippen LogP contribution in [0.15, 0.2) is 40.8 Å². The van der Waals surface area contributed by atoms with Crippen molar-refractivity contribution in [3.05, 3.63) is 64.4 Å². The maximum absolute atomic E-state index is 13.4. The molecule has 7 nitrogen and oxygen atoms in total. The van der Waals surface area contributed by atoms with Crippen LogP contribution in [-0.2, 0) is 14.9 Å². The second kappa shape index (κ2) is 7.42. The number of nitrogens with zero attached hydrogens (tertiary/aromatic N) is 1. The van der Waals surface area contributed by atoms with E-state index in [1.165, 1.54) is 0 Å². The van der Waals surface area contributed by atoms with Crippen LogP contribution >= 0.6 is 0 Å². The third kappa shape index (κ3) is 3.42. The molecule has 1 aliphatic carbocycles. The third-order valence-corrected chi connectivity index (χ3v) is 6.40. The van der Waals surface area contributed by atoms with E-state index >= 15 is 0 Å². The zero-order valence-electron chi connectivity index (χ0n) is 19.0. The van der Waals surface area contributed by atoms with E-state index < -0.39 is 23.4 Å². The molecular weight excluding hydrogens is 422 g/mol. The number of hydrogen-bond acceptors (Lipinski definition) is 7. The molecule has 0 spiro atoms. The van der Waals surface area contributed by atoms with Gasteiger partial charge in [-0.15, -0.1) is 0 Å². The van der Waals surface area contributed by atoms with Gasteiger partial charge >= 0.3 is 0 Å². The molecule has 0 unspecified atom stereocenters. The lowest BCUT2D eigenvalue weighted by Crippen LogP contribution is -2.32. The second-order valence-corrected chi connectivity index (χ2v) is 9.50. The van der Waals surface area contributed by atoms with Crippen LogP contribution in [0.25, 0.3) is 11.0 Å². The van der Waals surface area contributed by atoms with Crippen molar-refractivity contribution >= 4 is 16.8 Å². The Morgan fingerprint density at radius 2 is 1.85 bits per heavy atom. The van der Waals surface area contributed by atoms with Crippen molar-refractivity contribution in [2.75, 3.05) is 13.2 Å². The molecule has 0 bridgehead atoms. The Kier molecular flexibility index (Phi) is 4.87. The lowest BCUT2D eigenvalue weighted by atomic mass is 9.71. The number of furan rings is 1. The number of carbonyl (C=O) groups excluding carboxylic acids is 1. The fourth-order valence-corrected chi connectivity index (χ4v) is 4.80. The monoisotopic (exact) mass is 447 g/mol. The number of rotatable bonds is 4. The van der Waals surface area contributed by atoms with Crippen molar-refractivity contribution in [3.63, 3.8) is 0 Å². The van der Waals surface area contributed by atoms with Gasteiger partial charge in [-0.3, -0.25) is 4.79 Å². The third-order valence-electron chi connectivity index (χ3n) is 6.40. The zero-order chi connectivity index (χ0) is 23.5. The lowest BCUT2D eigenvalue weighted by Gasteiger charge is -2.31. The van der Waals surface area contributed by atoms with Crippen LogP contribution in [0.1, 0.15) is 60.5 Å². The summed E-state index contributed by atoms with van der Waals surface area (Å²) in [4.78, 5) is 13.4. The summed E-state index contributed by atoms with van der Waals surface area (Å²) in [5, 5.41) is 19.5. The molecular formula is C26H25NO6. The number of carbonyl (C=O) groups is 1. The topological polar surface area (TPSA) is 102 Å². The number of ether oxygens (including phenoxy) is 3. The van der Waals surface area contributed by atoms with Gasteiger partial charge in [0.15, 0.2) is 11.6 Å². The highest BCUT2D eigenvalue weighted by Gasteiger charge is 2.43. The van der Waals surface area contributed by atoms with Gasteiger partial charge in [-0.2, -0.15) is 5.26 Å². The van der Waals surface area contributed by atoms with Gasteiger partial charge in [-0.05, 0) is 69.7 Å². The number of aliphatic hydroxyl groups is 1. The molecule has 33 heavy (non-hydrogen) atoms. The largest absolute Gasteiger partial charge is 0.491 e. The SMILES string of the molecule is CC1(C)O[C@H](CO)[C@@H](COc2ccc3c(c2)C(C)(C)c2oc4cc(C#N)ccc4c2C3=O)O1. The van der Waals surface area contributed by atoms with Gasteiger partial charge in [0, 0.05) is 16.4 Å². The summed E-state index contributed by atoms with van der Waals surface area (Å²) >= 11 is 0. The zero-order valence-corrected chi connectivity index (χ0v) is 19.0. The molecule has 1 aliphatic heterocycles. The fraction of sp³-hybridized carbons (Fsp3) is 0.385. The molecule has 2 heterocycles. The molecule has 0 radical (unpaired) electrons. The number of fused-ring (bicyclic) bond motifs is 4. The highest BCUT2D eigenvalue weighted by Crippen LogP contribution is 2.46. The van der Waals surface area contributed by atoms with Crippen LogP contribution < -0.4 is 4.74 Å². The van der Waals surface area contributed by atoms with Gasteiger partial charge in [-0.1, -0.05) is 0 Å². The maximum atomic E-state index is 13.4. The van der Waals surface area contributed by atoms with E-state index in [1.807, 2.05) is 19.9 Å². The van der Waals surface area contributed by atoms with E-state index in [1.54, 1.807) is 44.2 Å². The molecule has 5 rings (SSSR count). The molecule has 0 saturated carbocycles. The van der Waals surface area contributed by atoms with Crippen LogP contribution in [-0.4, -0.2) is 42.1 Å². The first kappa shape index (κ1) is 21.7. The maximum Gasteiger partial charge on any atom is 0.197 e. The van der Waals surface area contributed by atoms with Gasteiger partial charge in [0.25, 0.3) is 0 Å². The Balaban J connectivity index is 1.48. The van der Waals surface area contributed by atoms with Crippen molar-refractivity contribution in [2.24, 2.45) is 0 Å². The molecule has 2 aromatic carbocycles. The second-order valence-electron chi connectivity index (χ2n) is 9.50. The number of ketones is 1. The predicted octanol–water partition coefficient (Wildman–Crippen LogP) is 4.07. The lowest BCUT2D eigenvalue weighted by molar-refractivity contribution is -0.150. The number of benzene rings is 2. The minimum atomic E-state index is -0.783. The Bertz CT molecular complexity index is 1310. The van der Waals surface area contributed by atoms with Gasteiger partial charge in [0.05, 0.1) is 23.8 Å². The van der Waals surface area contributed by atoms with Crippen LogP contribution in [0.3, 0.4) is 0 Å². The average molecular weight is 447 g/mol. The highest BCUT2D eigenvalue weighted by atomic mass is 16.8. The quantitative estimate of drug-likeness (QED) is 0.643. The van der Waals surface area contributed by atoms with Crippen molar-refractivity contribution < 1.29 is 28.5 Å². The molecule has 0 amide bonds. The van der Waals surface area contributed by atoms with Gasteiger partial charge in [-0.25, -0.2) is 0 Å². The van der Waals surface area contributed by atoms with E-state index in [0.717, 1.165) is 5.56 Å². The minimum Gasteiger partial charge on any atom is -0.491 e. The van der Waals surface area contributed by atoms with Crippen LogP contribution in [0, 0.1) is 11.3 Å². The summed E-state index contributed by atoms with van der Waals surface area (Å²) in [6.07, 6.45) is -0.876. The van der Waals surface area contributed by atoms with E-state index in [2.05, 4.69) is 6.07 Å². The van der Waals surface area contributed by atoms with Gasteiger partial charge in [0.2, 0.25) is 0 Å². The Morgan fingerprint density at radius 3 is 2.58 bits per heavy atom. The Labute approximate surface area is 191 Å². The normalized spacial score (nSPS) is 22.6. The van der Waals surface area contributed by atoms with Gasteiger partial charge < -0.3 is 23.7 Å². The number of aliphatic hydroxyl groups excluding tert-OH is 1. The van der Waals surface area contributed by atoms with Crippen LogP contribution in [0.2, 0.25) is 0 Å². The highest BCUT2D eigenvalue weighted by molar-refractivity contribution is 6.19. The van der Waals surface area contributed by atoms with Crippen LogP contribution in [0.5, 0.6) is 5.75 Å². The summed E-state index contributed by atoms with van der Waals surface area (Å²) in [6, 6.07) is 12.6. The fourth-order valence-electron chi connectivity index (χ4n) is 4.80. The smallest absolute Gasteiger partial charge is 0.197 e. The minimum absolute atomic E-state index is 0.107. The summed E-state index contributed by atoms with van der Waals surface area (Å²) < 4.78 is 23.7. The molecule has 3 aromatic rings. The molecule has 1 aromatic heterocycles. The van der Waals surface area contributed by atoms with E-state index in [0.29, 0.717) is 39.2 Å². The number of hydrogen-bond donors (Lipinski definition) is 1. The van der Waals surface area contributed by atoms with E-state index in [4.69, 9.17) is 18.6 Å². The molecule has 170 valence electrons. The van der Waals surface area contributed by atoms with Crippen molar-refractivity contribution in [1.82, 2.24) is 0 Å². The Hall–Kier alpha value is -3.18. The molecule has 7 heteroatoms. The first-order valence-corrected chi connectivity index (χ1v) is 10.9. The van der Waals surface area contributed by atoms with Crippen molar-refractivity contribution in [2.45, 2.75) is 51.1 Å². The van der Waals surface area contributed by atoms with Crippen LogP contribution in [0.4, 0.5) is 0 Å². The molecule has 1 saturated heterocycles.